The number of benzene rings is 2. The van der Waals surface area contributed by atoms with Crippen molar-refractivity contribution in [3.05, 3.63) is 75.6 Å². The smallest absolute Gasteiger partial charge is 0.284 e. The maximum absolute atomic E-state index is 13.0. The normalized spacial score (nSPS) is 11.2. The molecule has 0 radical (unpaired) electrons. The number of ether oxygens (including phenoxy) is 1. The summed E-state index contributed by atoms with van der Waals surface area (Å²) in [5.41, 5.74) is 1.56. The van der Waals surface area contributed by atoms with Gasteiger partial charge in [-0.3, -0.25) is 9.36 Å². The molecular formula is C21H16BrN7O3. The van der Waals surface area contributed by atoms with Crippen LogP contribution in [-0.4, -0.2) is 41.3 Å². The topological polar surface area (TPSA) is 114 Å². The molecule has 10 nitrogen and oxygen atoms in total. The molecule has 3 heterocycles. The molecule has 5 rings (SSSR count). The Hall–Kier alpha value is -3.86. The van der Waals surface area contributed by atoms with Crippen LogP contribution in [0.3, 0.4) is 0 Å². The fraction of sp³-hybridized carbons (Fsp3) is 0.143. The van der Waals surface area contributed by atoms with Crippen LogP contribution in [-0.2, 0) is 6.54 Å². The predicted octanol–water partition coefficient (Wildman–Crippen LogP) is 3.24. The van der Waals surface area contributed by atoms with Gasteiger partial charge in [0.05, 0.1) is 6.61 Å². The fourth-order valence-electron chi connectivity index (χ4n) is 3.21. The summed E-state index contributed by atoms with van der Waals surface area (Å²) in [4.78, 5) is 21.8. The Morgan fingerprint density at radius 3 is 2.75 bits per heavy atom. The summed E-state index contributed by atoms with van der Waals surface area (Å²) in [7, 11) is 0. The zero-order valence-electron chi connectivity index (χ0n) is 16.8. The van der Waals surface area contributed by atoms with Gasteiger partial charge in [0.1, 0.15) is 24.3 Å². The molecule has 2 aromatic carbocycles. The van der Waals surface area contributed by atoms with Crippen LogP contribution in [0.2, 0.25) is 0 Å². The van der Waals surface area contributed by atoms with Gasteiger partial charge < -0.3 is 9.26 Å². The van der Waals surface area contributed by atoms with E-state index in [0.29, 0.717) is 29.5 Å². The van der Waals surface area contributed by atoms with Crippen LogP contribution in [0, 0.1) is 0 Å². The highest BCUT2D eigenvalue weighted by molar-refractivity contribution is 9.10. The standard InChI is InChI=1S/C21H16BrN7O3/c1-2-31-16-6-4-3-5-15(16)29-20-18(25-27-29)21(30)28(12-23-20)11-17-24-19(26-32-17)13-7-9-14(22)10-8-13/h3-10,12H,2,11H2,1H3. The van der Waals surface area contributed by atoms with Gasteiger partial charge in [-0.15, -0.1) is 5.10 Å². The summed E-state index contributed by atoms with van der Waals surface area (Å²) in [6.45, 7) is 2.46. The number of halogens is 1. The number of hydrogen-bond acceptors (Lipinski definition) is 8. The monoisotopic (exact) mass is 493 g/mol. The molecule has 0 N–H and O–H groups in total. The first-order chi connectivity index (χ1) is 15.6. The zero-order chi connectivity index (χ0) is 22.1. The SMILES string of the molecule is CCOc1ccccc1-n1nnc2c(=O)n(Cc3nc(-c4ccc(Br)cc4)no3)cnc21. The maximum atomic E-state index is 13.0. The molecule has 32 heavy (non-hydrogen) atoms. The maximum Gasteiger partial charge on any atom is 0.284 e. The summed E-state index contributed by atoms with van der Waals surface area (Å²) < 4.78 is 14.8. The van der Waals surface area contributed by atoms with E-state index >= 15 is 0 Å². The van der Waals surface area contributed by atoms with E-state index in [1.165, 1.54) is 15.6 Å². The number of rotatable bonds is 6. The minimum Gasteiger partial charge on any atom is -0.492 e. The first kappa shape index (κ1) is 20.1. The Balaban J connectivity index is 1.47. The van der Waals surface area contributed by atoms with Gasteiger partial charge >= 0.3 is 0 Å². The van der Waals surface area contributed by atoms with Crippen molar-refractivity contribution in [2.75, 3.05) is 6.61 Å². The van der Waals surface area contributed by atoms with Crippen LogP contribution in [0.25, 0.3) is 28.2 Å². The van der Waals surface area contributed by atoms with Gasteiger partial charge in [-0.25, -0.2) is 4.98 Å². The van der Waals surface area contributed by atoms with Crippen molar-refractivity contribution >= 4 is 27.1 Å². The van der Waals surface area contributed by atoms with Crippen LogP contribution in [0.15, 0.2) is 68.6 Å². The Labute approximate surface area is 189 Å². The molecule has 3 aromatic heterocycles. The minimum absolute atomic E-state index is 0.0632. The molecule has 0 spiro atoms. The van der Waals surface area contributed by atoms with Crippen molar-refractivity contribution in [1.82, 2.24) is 34.7 Å². The Morgan fingerprint density at radius 2 is 1.94 bits per heavy atom. The van der Waals surface area contributed by atoms with Gasteiger partial charge in [0.2, 0.25) is 11.7 Å². The van der Waals surface area contributed by atoms with E-state index in [0.717, 1.165) is 10.0 Å². The summed E-state index contributed by atoms with van der Waals surface area (Å²) in [5, 5.41) is 12.2. The van der Waals surface area contributed by atoms with Gasteiger partial charge in [-0.05, 0) is 43.3 Å². The first-order valence-electron chi connectivity index (χ1n) is 9.75. The molecular weight excluding hydrogens is 478 g/mol. The first-order valence-corrected chi connectivity index (χ1v) is 10.5. The lowest BCUT2D eigenvalue weighted by Gasteiger charge is -2.09. The Bertz CT molecular complexity index is 1460. The van der Waals surface area contributed by atoms with E-state index in [9.17, 15) is 4.79 Å². The predicted molar refractivity (Wildman–Crippen MR) is 119 cm³/mol. The lowest BCUT2D eigenvalue weighted by molar-refractivity contribution is 0.338. The van der Waals surface area contributed by atoms with Gasteiger partial charge in [0.15, 0.2) is 11.2 Å². The average Bonchev–Trinajstić information content (AvgIpc) is 3.45. The summed E-state index contributed by atoms with van der Waals surface area (Å²) in [6.07, 6.45) is 1.41. The molecule has 0 atom stereocenters. The van der Waals surface area contributed by atoms with Crippen molar-refractivity contribution in [2.24, 2.45) is 0 Å². The third kappa shape index (κ3) is 3.66. The van der Waals surface area contributed by atoms with Crippen LogP contribution < -0.4 is 10.3 Å². The zero-order valence-corrected chi connectivity index (χ0v) is 18.4. The van der Waals surface area contributed by atoms with Crippen LogP contribution in [0.4, 0.5) is 0 Å². The second kappa shape index (κ2) is 8.35. The number of nitrogens with zero attached hydrogens (tertiary/aromatic N) is 7. The number of fused-ring (bicyclic) bond motifs is 1. The highest BCUT2D eigenvalue weighted by Crippen LogP contribution is 2.24. The lowest BCUT2D eigenvalue weighted by Crippen LogP contribution is -2.21. The molecule has 0 saturated carbocycles. The van der Waals surface area contributed by atoms with Gasteiger partial charge in [0.25, 0.3) is 5.56 Å². The van der Waals surface area contributed by atoms with Crippen molar-refractivity contribution in [3.8, 4) is 22.8 Å². The number of para-hydroxylation sites is 2. The number of aromatic nitrogens is 7. The molecule has 0 fully saturated rings. The summed E-state index contributed by atoms with van der Waals surface area (Å²) in [5.74, 6) is 1.34. The molecule has 0 aliphatic rings. The molecule has 0 amide bonds. The van der Waals surface area contributed by atoms with E-state index in [1.807, 2.05) is 55.5 Å². The van der Waals surface area contributed by atoms with Crippen LogP contribution in [0.5, 0.6) is 5.75 Å². The quantitative estimate of drug-likeness (QED) is 0.354. The molecule has 11 heteroatoms. The van der Waals surface area contributed by atoms with E-state index in [2.05, 4.69) is 41.4 Å². The summed E-state index contributed by atoms with van der Waals surface area (Å²) in [6, 6.07) is 14.9. The Morgan fingerprint density at radius 1 is 1.12 bits per heavy atom. The van der Waals surface area contributed by atoms with Crippen molar-refractivity contribution in [2.45, 2.75) is 13.5 Å². The van der Waals surface area contributed by atoms with Crippen molar-refractivity contribution in [1.29, 1.82) is 0 Å². The van der Waals surface area contributed by atoms with E-state index in [-0.39, 0.29) is 23.5 Å². The lowest BCUT2D eigenvalue weighted by atomic mass is 10.2. The van der Waals surface area contributed by atoms with E-state index in [1.54, 1.807) is 0 Å². The van der Waals surface area contributed by atoms with Crippen LogP contribution in [0.1, 0.15) is 12.8 Å². The van der Waals surface area contributed by atoms with Crippen LogP contribution >= 0.6 is 15.9 Å². The number of hydrogen-bond donors (Lipinski definition) is 0. The van der Waals surface area contributed by atoms with Gasteiger partial charge in [0, 0.05) is 10.0 Å². The minimum atomic E-state index is -0.362. The average molecular weight is 494 g/mol. The highest BCUT2D eigenvalue weighted by atomic mass is 79.9. The van der Waals surface area contributed by atoms with Crippen molar-refractivity contribution < 1.29 is 9.26 Å². The fourth-order valence-corrected chi connectivity index (χ4v) is 3.47. The van der Waals surface area contributed by atoms with E-state index < -0.39 is 0 Å². The third-order valence-corrected chi connectivity index (χ3v) is 5.23. The molecule has 0 bridgehead atoms. The molecule has 0 aliphatic carbocycles. The second-order valence-electron chi connectivity index (χ2n) is 6.77. The molecule has 160 valence electrons. The molecule has 0 aliphatic heterocycles. The van der Waals surface area contributed by atoms with E-state index in [4.69, 9.17) is 9.26 Å². The Kier molecular flexibility index (Phi) is 5.23. The molecule has 0 saturated heterocycles. The summed E-state index contributed by atoms with van der Waals surface area (Å²) >= 11 is 3.39. The molecule has 0 unspecified atom stereocenters. The van der Waals surface area contributed by atoms with Gasteiger partial charge in [-0.1, -0.05) is 38.4 Å². The van der Waals surface area contributed by atoms with Gasteiger partial charge in [-0.2, -0.15) is 9.67 Å². The second-order valence-corrected chi connectivity index (χ2v) is 7.69. The van der Waals surface area contributed by atoms with Crippen molar-refractivity contribution in [3.63, 3.8) is 0 Å². The third-order valence-electron chi connectivity index (χ3n) is 4.70. The molecule has 5 aromatic rings. The largest absolute Gasteiger partial charge is 0.492 e. The highest BCUT2D eigenvalue weighted by Gasteiger charge is 2.17.